The maximum Gasteiger partial charge on any atom is 0.262 e. The van der Waals surface area contributed by atoms with E-state index in [0.717, 1.165) is 16.6 Å². The van der Waals surface area contributed by atoms with E-state index in [4.69, 9.17) is 28.9 Å². The molecule has 0 saturated heterocycles. The summed E-state index contributed by atoms with van der Waals surface area (Å²) in [6, 6.07) is 3.46. The van der Waals surface area contributed by atoms with Crippen LogP contribution in [0.3, 0.4) is 0 Å². The molecule has 0 aliphatic carbocycles. The molecule has 5 nitrogen and oxygen atoms in total. The first-order valence-corrected chi connectivity index (χ1v) is 7.36. The molecule has 0 bridgehead atoms. The molecule has 2 heterocycles. The van der Waals surface area contributed by atoms with Gasteiger partial charge in [0.2, 0.25) is 0 Å². The summed E-state index contributed by atoms with van der Waals surface area (Å²) in [6.07, 6.45) is 0.706. The summed E-state index contributed by atoms with van der Waals surface area (Å²) in [5.41, 5.74) is 7.56. The van der Waals surface area contributed by atoms with Crippen molar-refractivity contribution in [3.05, 3.63) is 38.2 Å². The Morgan fingerprint density at radius 3 is 2.76 bits per heavy atom. The van der Waals surface area contributed by atoms with Crippen molar-refractivity contribution < 1.29 is 0 Å². The van der Waals surface area contributed by atoms with Crippen LogP contribution in [0.4, 0.5) is 0 Å². The molecule has 3 N–H and O–H groups in total. The Morgan fingerprint density at radius 2 is 2.05 bits per heavy atom. The molecule has 0 saturated carbocycles. The van der Waals surface area contributed by atoms with Crippen LogP contribution in [0.2, 0.25) is 10.0 Å². The average Bonchev–Trinajstić information content (AvgIpc) is 2.83. The lowest BCUT2D eigenvalue weighted by Crippen LogP contribution is -2.22. The highest BCUT2D eigenvalue weighted by molar-refractivity contribution is 6.43. The number of rotatable bonds is 3. The van der Waals surface area contributed by atoms with Gasteiger partial charge in [0.25, 0.3) is 5.56 Å². The molecule has 110 valence electrons. The van der Waals surface area contributed by atoms with Crippen LogP contribution in [0.5, 0.6) is 0 Å². The average molecular weight is 325 g/mol. The van der Waals surface area contributed by atoms with Crippen molar-refractivity contribution in [3.63, 3.8) is 0 Å². The third kappa shape index (κ3) is 2.21. The highest BCUT2D eigenvalue weighted by Crippen LogP contribution is 2.31. The third-order valence-corrected chi connectivity index (χ3v) is 4.30. The van der Waals surface area contributed by atoms with Crippen molar-refractivity contribution in [1.29, 1.82) is 0 Å². The first-order valence-electron chi connectivity index (χ1n) is 6.61. The van der Waals surface area contributed by atoms with Crippen molar-refractivity contribution in [1.82, 2.24) is 14.8 Å². The minimum atomic E-state index is -0.0874. The molecule has 1 aromatic carbocycles. The number of H-pyrrole nitrogens is 1. The number of halogens is 2. The number of aromatic nitrogens is 3. The van der Waals surface area contributed by atoms with Crippen LogP contribution in [0.25, 0.3) is 21.8 Å². The Labute approximate surface area is 130 Å². The van der Waals surface area contributed by atoms with Crippen LogP contribution in [-0.4, -0.2) is 21.3 Å². The Bertz CT molecular complexity index is 897. The van der Waals surface area contributed by atoms with Crippen LogP contribution in [0.1, 0.15) is 12.1 Å². The zero-order chi connectivity index (χ0) is 15.1. The highest BCUT2D eigenvalue weighted by Gasteiger charge is 2.16. The maximum absolute atomic E-state index is 12.7. The Hall–Kier alpha value is -1.56. The first-order chi connectivity index (χ1) is 10.0. The second-order valence-corrected chi connectivity index (χ2v) is 5.77. The first kappa shape index (κ1) is 14.4. The fourth-order valence-corrected chi connectivity index (χ4v) is 2.87. The van der Waals surface area contributed by atoms with E-state index in [9.17, 15) is 4.79 Å². The van der Waals surface area contributed by atoms with E-state index in [-0.39, 0.29) is 5.56 Å². The summed E-state index contributed by atoms with van der Waals surface area (Å²) in [5.74, 6) is 0. The van der Waals surface area contributed by atoms with Crippen LogP contribution in [0.15, 0.2) is 16.9 Å². The van der Waals surface area contributed by atoms with Gasteiger partial charge in [-0.05, 0) is 32.0 Å². The van der Waals surface area contributed by atoms with Gasteiger partial charge in [0, 0.05) is 17.6 Å². The predicted molar refractivity (Wildman–Crippen MR) is 86.3 cm³/mol. The lowest BCUT2D eigenvalue weighted by molar-refractivity contribution is 0.654. The van der Waals surface area contributed by atoms with Gasteiger partial charge in [-0.3, -0.25) is 9.89 Å². The molecular formula is C14H14Cl2N4O. The summed E-state index contributed by atoms with van der Waals surface area (Å²) in [6.45, 7) is 2.87. The van der Waals surface area contributed by atoms with Crippen molar-refractivity contribution in [3.8, 4) is 0 Å². The fourth-order valence-electron chi connectivity index (χ4n) is 2.55. The lowest BCUT2D eigenvalue weighted by Gasteiger charge is -2.12. The molecule has 0 fully saturated rings. The molecule has 0 aliphatic rings. The molecular weight excluding hydrogens is 311 g/mol. The van der Waals surface area contributed by atoms with Gasteiger partial charge in [-0.25, -0.2) is 0 Å². The summed E-state index contributed by atoms with van der Waals surface area (Å²) in [5, 5.41) is 9.34. The van der Waals surface area contributed by atoms with Crippen LogP contribution in [-0.2, 0) is 6.54 Å². The summed E-state index contributed by atoms with van der Waals surface area (Å²) >= 11 is 12.2. The van der Waals surface area contributed by atoms with Gasteiger partial charge in [0.1, 0.15) is 5.52 Å². The topological polar surface area (TPSA) is 76.7 Å². The van der Waals surface area contributed by atoms with Gasteiger partial charge in [0.15, 0.2) is 0 Å². The second kappa shape index (κ2) is 5.33. The summed E-state index contributed by atoms with van der Waals surface area (Å²) in [4.78, 5) is 12.7. The quantitative estimate of drug-likeness (QED) is 0.777. The smallest absolute Gasteiger partial charge is 0.262 e. The third-order valence-electron chi connectivity index (χ3n) is 3.58. The largest absolute Gasteiger partial charge is 0.330 e. The van der Waals surface area contributed by atoms with E-state index in [2.05, 4.69) is 10.2 Å². The van der Waals surface area contributed by atoms with Gasteiger partial charge < -0.3 is 10.3 Å². The van der Waals surface area contributed by atoms with E-state index in [0.29, 0.717) is 40.5 Å². The number of nitrogens with two attached hydrogens (primary N) is 1. The molecule has 2 aromatic heterocycles. The number of pyridine rings is 1. The Balaban J connectivity index is 2.50. The number of aryl methyl sites for hydroxylation is 2. The summed E-state index contributed by atoms with van der Waals surface area (Å²) in [7, 11) is 0. The van der Waals surface area contributed by atoms with Crippen molar-refractivity contribution in [2.75, 3.05) is 6.54 Å². The van der Waals surface area contributed by atoms with Crippen molar-refractivity contribution >= 4 is 45.0 Å². The molecule has 0 unspecified atom stereocenters. The summed E-state index contributed by atoms with van der Waals surface area (Å²) < 4.78 is 1.69. The van der Waals surface area contributed by atoms with E-state index in [1.807, 2.05) is 6.92 Å². The minimum absolute atomic E-state index is 0.0874. The molecule has 3 rings (SSSR count). The van der Waals surface area contributed by atoms with Crippen molar-refractivity contribution in [2.45, 2.75) is 19.9 Å². The number of aromatic amines is 1. The van der Waals surface area contributed by atoms with Crippen molar-refractivity contribution in [2.24, 2.45) is 5.73 Å². The van der Waals surface area contributed by atoms with E-state index in [1.54, 1.807) is 16.7 Å². The van der Waals surface area contributed by atoms with E-state index < -0.39 is 0 Å². The van der Waals surface area contributed by atoms with Gasteiger partial charge in [0.05, 0.1) is 20.9 Å². The number of hydrogen-bond donors (Lipinski definition) is 2. The van der Waals surface area contributed by atoms with Gasteiger partial charge in [-0.15, -0.1) is 0 Å². The van der Waals surface area contributed by atoms with Crippen LogP contribution in [0, 0.1) is 6.92 Å². The van der Waals surface area contributed by atoms with Crippen LogP contribution < -0.4 is 11.3 Å². The number of fused-ring (bicyclic) bond motifs is 3. The number of benzene rings is 1. The fraction of sp³-hybridized carbons (Fsp3) is 0.286. The SMILES string of the molecule is Cc1[nH]nc2c1c(=O)n(CCCN)c1cc(Cl)c(Cl)cc21. The zero-order valence-corrected chi connectivity index (χ0v) is 12.9. The molecule has 0 spiro atoms. The van der Waals surface area contributed by atoms with Gasteiger partial charge >= 0.3 is 0 Å². The minimum Gasteiger partial charge on any atom is -0.330 e. The molecule has 0 amide bonds. The second-order valence-electron chi connectivity index (χ2n) is 4.95. The van der Waals surface area contributed by atoms with E-state index >= 15 is 0 Å². The molecule has 7 heteroatoms. The molecule has 3 aromatic rings. The number of hydrogen-bond acceptors (Lipinski definition) is 3. The molecule has 0 atom stereocenters. The van der Waals surface area contributed by atoms with Crippen LogP contribution >= 0.6 is 23.2 Å². The Morgan fingerprint density at radius 1 is 1.33 bits per heavy atom. The zero-order valence-electron chi connectivity index (χ0n) is 11.4. The Kier molecular flexibility index (Phi) is 3.65. The maximum atomic E-state index is 12.7. The number of nitrogens with one attached hydrogen (secondary N) is 1. The number of nitrogens with zero attached hydrogens (tertiary/aromatic N) is 2. The van der Waals surface area contributed by atoms with Gasteiger partial charge in [-0.2, -0.15) is 5.10 Å². The normalized spacial score (nSPS) is 11.6. The predicted octanol–water partition coefficient (Wildman–Crippen LogP) is 2.84. The van der Waals surface area contributed by atoms with E-state index in [1.165, 1.54) is 0 Å². The highest BCUT2D eigenvalue weighted by atomic mass is 35.5. The molecule has 0 aliphatic heterocycles. The standard InChI is InChI=1S/C14H14Cl2N4O/c1-7-12-13(19-18-7)8-5-9(15)10(16)6-11(8)20(14(12)21)4-2-3-17/h5-6H,2-4,17H2,1H3,(H,18,19). The van der Waals surface area contributed by atoms with Gasteiger partial charge in [-0.1, -0.05) is 23.2 Å². The lowest BCUT2D eigenvalue weighted by atomic mass is 10.1. The molecule has 21 heavy (non-hydrogen) atoms. The monoisotopic (exact) mass is 324 g/mol. The molecule has 0 radical (unpaired) electrons.